The number of fused-ring (bicyclic) bond motifs is 1. The lowest BCUT2D eigenvalue weighted by Crippen LogP contribution is -2.06. The first-order valence-electron chi connectivity index (χ1n) is 9.79. The summed E-state index contributed by atoms with van der Waals surface area (Å²) in [7, 11) is 1.58. The maximum atomic E-state index is 11.1. The van der Waals surface area contributed by atoms with E-state index in [9.17, 15) is 5.11 Å². The van der Waals surface area contributed by atoms with E-state index >= 15 is 0 Å². The van der Waals surface area contributed by atoms with Crippen molar-refractivity contribution in [3.63, 3.8) is 0 Å². The van der Waals surface area contributed by atoms with E-state index in [-0.39, 0.29) is 0 Å². The summed E-state index contributed by atoms with van der Waals surface area (Å²) < 4.78 is 7.14. The van der Waals surface area contributed by atoms with Crippen LogP contribution in [-0.4, -0.2) is 42.2 Å². The van der Waals surface area contributed by atoms with Crippen LogP contribution >= 0.6 is 0 Å². The number of methoxy groups -OCH3 is 1. The molecule has 3 aromatic heterocycles. The molecule has 0 radical (unpaired) electrons. The number of nitrogens with one attached hydrogen (secondary N) is 1. The summed E-state index contributed by atoms with van der Waals surface area (Å²) in [6.45, 7) is 1.98. The number of nitrogens with zero attached hydrogens (tertiary/aromatic N) is 5. The molecular weight excluding hydrogens is 392 g/mol. The first-order chi connectivity index (χ1) is 15.2. The lowest BCUT2D eigenvalue weighted by atomic mass is 9.96. The molecule has 8 nitrogen and oxygen atoms in total. The van der Waals surface area contributed by atoms with E-state index in [0.717, 1.165) is 39.2 Å². The molecule has 5 aromatic rings. The third-order valence-corrected chi connectivity index (χ3v) is 5.36. The Morgan fingerprint density at radius 2 is 1.77 bits per heavy atom. The molecule has 0 fully saturated rings. The van der Waals surface area contributed by atoms with Gasteiger partial charge in [-0.1, -0.05) is 54.6 Å². The summed E-state index contributed by atoms with van der Waals surface area (Å²) in [5, 5.41) is 25.5. The number of aryl methyl sites for hydroxylation is 1. The van der Waals surface area contributed by atoms with Crippen LogP contribution in [0.3, 0.4) is 0 Å². The molecule has 0 aliphatic carbocycles. The summed E-state index contributed by atoms with van der Waals surface area (Å²) in [4.78, 5) is 4.47. The van der Waals surface area contributed by atoms with E-state index in [1.54, 1.807) is 13.3 Å². The molecule has 0 bridgehead atoms. The number of ether oxygens (including phenoxy) is 1. The predicted octanol–water partition coefficient (Wildman–Crippen LogP) is 3.58. The second kappa shape index (κ2) is 7.66. The highest BCUT2D eigenvalue weighted by Crippen LogP contribution is 2.32. The zero-order valence-corrected chi connectivity index (χ0v) is 17.0. The Kier molecular flexibility index (Phi) is 4.68. The Hall–Kier alpha value is -4.04. The number of aliphatic hydroxyl groups is 1. The van der Waals surface area contributed by atoms with Crippen molar-refractivity contribution in [2.24, 2.45) is 0 Å². The van der Waals surface area contributed by atoms with Crippen LogP contribution in [0.4, 0.5) is 0 Å². The highest BCUT2D eigenvalue weighted by Gasteiger charge is 2.17. The number of aromatic nitrogens is 6. The normalized spacial score (nSPS) is 12.2. The van der Waals surface area contributed by atoms with Gasteiger partial charge in [-0.25, -0.2) is 0 Å². The third kappa shape index (κ3) is 3.32. The van der Waals surface area contributed by atoms with Crippen molar-refractivity contribution in [2.75, 3.05) is 7.11 Å². The summed E-state index contributed by atoms with van der Waals surface area (Å²) in [5.41, 5.74) is 6.13. The van der Waals surface area contributed by atoms with E-state index in [1.807, 2.05) is 72.0 Å². The molecule has 0 saturated carbocycles. The minimum Gasteiger partial charge on any atom is -0.480 e. The summed E-state index contributed by atoms with van der Waals surface area (Å²) >= 11 is 0. The van der Waals surface area contributed by atoms with Crippen LogP contribution in [0.1, 0.15) is 22.9 Å². The number of aliphatic hydroxyl groups excluding tert-OH is 1. The number of hydrogen-bond donors (Lipinski definition) is 2. The molecule has 0 aliphatic heterocycles. The fraction of sp³-hybridized carbons (Fsp3) is 0.130. The van der Waals surface area contributed by atoms with Crippen molar-refractivity contribution in [1.82, 2.24) is 30.0 Å². The highest BCUT2D eigenvalue weighted by atomic mass is 16.5. The maximum absolute atomic E-state index is 11.1. The number of H-pyrrole nitrogens is 1. The van der Waals surface area contributed by atoms with E-state index in [4.69, 9.17) is 4.74 Å². The number of hydrogen-bond acceptors (Lipinski definition) is 6. The number of pyridine rings is 1. The van der Waals surface area contributed by atoms with Crippen LogP contribution in [0.25, 0.3) is 28.2 Å². The molecule has 0 aliphatic rings. The molecule has 0 saturated heterocycles. The first kappa shape index (κ1) is 19.0. The predicted molar refractivity (Wildman–Crippen MR) is 116 cm³/mol. The van der Waals surface area contributed by atoms with Crippen molar-refractivity contribution in [2.45, 2.75) is 13.0 Å². The lowest BCUT2D eigenvalue weighted by molar-refractivity contribution is 0.214. The molecule has 5 rings (SSSR count). The molecule has 3 heterocycles. The molecule has 0 amide bonds. The van der Waals surface area contributed by atoms with Gasteiger partial charge in [0.25, 0.3) is 0 Å². The second-order valence-electron chi connectivity index (χ2n) is 7.22. The van der Waals surface area contributed by atoms with Crippen molar-refractivity contribution in [3.05, 3.63) is 83.7 Å². The molecule has 2 aromatic carbocycles. The van der Waals surface area contributed by atoms with Gasteiger partial charge in [0.2, 0.25) is 11.7 Å². The summed E-state index contributed by atoms with van der Waals surface area (Å²) in [6.07, 6.45) is 0.972. The number of benzene rings is 2. The lowest BCUT2D eigenvalue weighted by Gasteiger charge is -2.15. The molecular formula is C23H20N6O2. The van der Waals surface area contributed by atoms with E-state index < -0.39 is 6.10 Å². The Bertz CT molecular complexity index is 1340. The Balaban J connectivity index is 1.51. The number of aromatic amines is 1. The second-order valence-corrected chi connectivity index (χ2v) is 7.22. The topological polar surface area (TPSA) is 101 Å². The van der Waals surface area contributed by atoms with Gasteiger partial charge in [-0.05, 0) is 40.5 Å². The van der Waals surface area contributed by atoms with Gasteiger partial charge >= 0.3 is 0 Å². The van der Waals surface area contributed by atoms with Gasteiger partial charge in [0, 0.05) is 5.56 Å². The monoisotopic (exact) mass is 412 g/mol. The average Bonchev–Trinajstić information content (AvgIpc) is 3.50. The Morgan fingerprint density at radius 3 is 2.48 bits per heavy atom. The van der Waals surface area contributed by atoms with Gasteiger partial charge in [0.1, 0.15) is 11.8 Å². The summed E-state index contributed by atoms with van der Waals surface area (Å²) in [6, 6.07) is 19.6. The van der Waals surface area contributed by atoms with Crippen molar-refractivity contribution in [1.29, 1.82) is 0 Å². The van der Waals surface area contributed by atoms with E-state index in [1.165, 1.54) is 0 Å². The molecule has 1 unspecified atom stereocenters. The zero-order chi connectivity index (χ0) is 21.4. The molecule has 31 heavy (non-hydrogen) atoms. The molecule has 154 valence electrons. The SMILES string of the molecule is COc1cn2c(C(O)c3ccc(-c4ccccc4-c4nn[nH]n4)cc3)ccc(C)c2n1. The zero-order valence-electron chi connectivity index (χ0n) is 17.0. The maximum Gasteiger partial charge on any atom is 0.232 e. The Morgan fingerprint density at radius 1 is 1.00 bits per heavy atom. The average molecular weight is 412 g/mol. The summed E-state index contributed by atoms with van der Waals surface area (Å²) in [5.74, 6) is 1.05. The number of imidazole rings is 1. The van der Waals surface area contributed by atoms with Gasteiger partial charge in [-0.2, -0.15) is 10.2 Å². The van der Waals surface area contributed by atoms with Crippen molar-refractivity contribution in [3.8, 4) is 28.4 Å². The van der Waals surface area contributed by atoms with Crippen LogP contribution < -0.4 is 4.74 Å². The van der Waals surface area contributed by atoms with Gasteiger partial charge in [-0.3, -0.25) is 4.40 Å². The van der Waals surface area contributed by atoms with Gasteiger partial charge < -0.3 is 9.84 Å². The Labute approximate surface area is 178 Å². The number of rotatable bonds is 5. The van der Waals surface area contributed by atoms with Crippen LogP contribution in [0.5, 0.6) is 5.88 Å². The number of tetrazole rings is 1. The largest absolute Gasteiger partial charge is 0.480 e. The standard InChI is InChI=1S/C23H20N6O2/c1-14-7-12-19(29-13-20(31-2)24-23(14)29)21(30)16-10-8-15(9-11-16)17-5-3-4-6-18(17)22-25-27-28-26-22/h3-13,21,30H,1-2H3,(H,25,26,27,28). The molecule has 8 heteroatoms. The third-order valence-electron chi connectivity index (χ3n) is 5.36. The van der Waals surface area contributed by atoms with Crippen molar-refractivity contribution >= 4 is 5.65 Å². The van der Waals surface area contributed by atoms with E-state index in [2.05, 4.69) is 25.6 Å². The minimum atomic E-state index is -0.816. The van der Waals surface area contributed by atoms with Gasteiger partial charge in [0.05, 0.1) is 19.0 Å². The molecule has 2 N–H and O–H groups in total. The van der Waals surface area contributed by atoms with Crippen LogP contribution in [0, 0.1) is 6.92 Å². The molecule has 1 atom stereocenters. The van der Waals surface area contributed by atoms with E-state index in [0.29, 0.717) is 11.7 Å². The van der Waals surface area contributed by atoms with Gasteiger partial charge in [-0.15, -0.1) is 10.2 Å². The fourth-order valence-corrected chi connectivity index (χ4v) is 3.74. The minimum absolute atomic E-state index is 0.510. The van der Waals surface area contributed by atoms with Crippen LogP contribution in [0.15, 0.2) is 66.9 Å². The molecule has 0 spiro atoms. The highest BCUT2D eigenvalue weighted by molar-refractivity contribution is 5.80. The van der Waals surface area contributed by atoms with Gasteiger partial charge in [0.15, 0.2) is 0 Å². The van der Waals surface area contributed by atoms with Crippen molar-refractivity contribution < 1.29 is 9.84 Å². The van der Waals surface area contributed by atoms with Crippen LogP contribution in [0.2, 0.25) is 0 Å². The smallest absolute Gasteiger partial charge is 0.232 e. The fourth-order valence-electron chi connectivity index (χ4n) is 3.74. The first-order valence-corrected chi connectivity index (χ1v) is 9.79. The quantitative estimate of drug-likeness (QED) is 0.458. The van der Waals surface area contributed by atoms with Crippen LogP contribution in [-0.2, 0) is 0 Å².